The first-order valence-electron chi connectivity index (χ1n) is 13.4. The van der Waals surface area contributed by atoms with Crippen LogP contribution in [0.4, 0.5) is 21.3 Å². The molecule has 3 heterocycles. The number of para-hydroxylation sites is 1. The second-order valence-electron chi connectivity index (χ2n) is 9.97. The number of nitrogens with one attached hydrogen (secondary N) is 2. The van der Waals surface area contributed by atoms with Crippen LogP contribution in [0.1, 0.15) is 35.0 Å². The van der Waals surface area contributed by atoms with Gasteiger partial charge in [0.05, 0.1) is 27.2 Å². The summed E-state index contributed by atoms with van der Waals surface area (Å²) in [5.41, 5.74) is 4.81. The van der Waals surface area contributed by atoms with Gasteiger partial charge in [-0.15, -0.1) is 0 Å². The third-order valence-electron chi connectivity index (χ3n) is 7.11. The van der Waals surface area contributed by atoms with Gasteiger partial charge in [0.1, 0.15) is 6.07 Å². The Bertz CT molecular complexity index is 1950. The van der Waals surface area contributed by atoms with Crippen molar-refractivity contribution in [3.05, 3.63) is 89.6 Å². The number of carboxylic acids is 1. The van der Waals surface area contributed by atoms with E-state index in [-0.39, 0.29) is 23.2 Å². The lowest BCUT2D eigenvalue weighted by atomic mass is 9.97. The number of hydrogen-bond donors (Lipinski definition) is 3. The Morgan fingerprint density at radius 2 is 1.79 bits per heavy atom. The average molecular weight is 589 g/mol. The number of anilines is 3. The molecule has 0 saturated heterocycles. The SMILES string of the molecule is CC(=O)Nc1ccc(-c2ccc(-c3ccc4c(c3)N(C(=O)Nc3nc5ccccc5s3)CCC4)nc2C(=O)O)cc1C#N. The van der Waals surface area contributed by atoms with Crippen molar-refractivity contribution in [1.82, 2.24) is 9.97 Å². The molecule has 212 valence electrons. The van der Waals surface area contributed by atoms with Crippen molar-refractivity contribution in [1.29, 1.82) is 5.26 Å². The van der Waals surface area contributed by atoms with Crippen molar-refractivity contribution in [2.75, 3.05) is 22.1 Å². The van der Waals surface area contributed by atoms with Gasteiger partial charge in [0.15, 0.2) is 10.8 Å². The number of urea groups is 1. The van der Waals surface area contributed by atoms with Crippen LogP contribution < -0.4 is 15.5 Å². The van der Waals surface area contributed by atoms with Gasteiger partial charge >= 0.3 is 12.0 Å². The first kappa shape index (κ1) is 27.6. The fourth-order valence-corrected chi connectivity index (χ4v) is 6.00. The summed E-state index contributed by atoms with van der Waals surface area (Å²) in [5, 5.41) is 25.7. The molecule has 2 aromatic heterocycles. The Labute approximate surface area is 250 Å². The van der Waals surface area contributed by atoms with E-state index in [2.05, 4.69) is 20.6 Å². The summed E-state index contributed by atoms with van der Waals surface area (Å²) in [5.74, 6) is -1.55. The molecule has 3 N–H and O–H groups in total. The van der Waals surface area contributed by atoms with Crippen LogP contribution in [-0.2, 0) is 11.2 Å². The summed E-state index contributed by atoms with van der Waals surface area (Å²) in [6.45, 7) is 1.87. The maximum Gasteiger partial charge on any atom is 0.355 e. The van der Waals surface area contributed by atoms with Gasteiger partial charge in [0, 0.05) is 30.3 Å². The molecule has 0 saturated carbocycles. The van der Waals surface area contributed by atoms with E-state index in [4.69, 9.17) is 0 Å². The highest BCUT2D eigenvalue weighted by atomic mass is 32.1. The maximum atomic E-state index is 13.4. The predicted octanol–water partition coefficient (Wildman–Crippen LogP) is 6.54. The first-order valence-corrected chi connectivity index (χ1v) is 14.3. The molecule has 3 amide bonds. The highest BCUT2D eigenvalue weighted by Gasteiger charge is 2.25. The number of aromatic nitrogens is 2. The normalized spacial score (nSPS) is 12.3. The number of carbonyl (C=O) groups excluding carboxylic acids is 2. The van der Waals surface area contributed by atoms with E-state index < -0.39 is 5.97 Å². The van der Waals surface area contributed by atoms with Crippen LogP contribution in [0.15, 0.2) is 72.8 Å². The van der Waals surface area contributed by atoms with Crippen molar-refractivity contribution in [2.45, 2.75) is 19.8 Å². The number of fused-ring (bicyclic) bond motifs is 2. The van der Waals surface area contributed by atoms with Gasteiger partial charge in [0.2, 0.25) is 5.91 Å². The van der Waals surface area contributed by atoms with Crippen molar-refractivity contribution < 1.29 is 19.5 Å². The van der Waals surface area contributed by atoms with E-state index in [9.17, 15) is 24.8 Å². The van der Waals surface area contributed by atoms with Crippen molar-refractivity contribution in [3.8, 4) is 28.5 Å². The summed E-state index contributed by atoms with van der Waals surface area (Å²) < 4.78 is 0.982. The zero-order valence-corrected chi connectivity index (χ0v) is 23.7. The number of thiazole rings is 1. The van der Waals surface area contributed by atoms with Crippen LogP contribution in [-0.4, -0.2) is 39.5 Å². The highest BCUT2D eigenvalue weighted by Crippen LogP contribution is 2.35. The van der Waals surface area contributed by atoms with Gasteiger partial charge in [0.25, 0.3) is 0 Å². The molecular weight excluding hydrogens is 564 g/mol. The molecule has 1 aliphatic heterocycles. The molecule has 0 unspecified atom stereocenters. The first-order chi connectivity index (χ1) is 20.8. The minimum atomic E-state index is -1.23. The molecule has 0 bridgehead atoms. The highest BCUT2D eigenvalue weighted by molar-refractivity contribution is 7.22. The standard InChI is InChI=1S/C32H24N6O4S/c1-18(39)34-25-12-10-20(15-22(25)17-33)23-11-13-24(35-29(23)30(40)41)21-9-8-19-5-4-14-38(27(19)16-21)32(42)37-31-36-26-6-2-3-7-28(26)43-31/h2-3,6-13,15-16H,4-5,14H2,1H3,(H,34,39)(H,40,41)(H,36,37,42). The van der Waals surface area contributed by atoms with Gasteiger partial charge in [-0.2, -0.15) is 5.26 Å². The van der Waals surface area contributed by atoms with E-state index in [0.717, 1.165) is 34.3 Å². The quantitative estimate of drug-likeness (QED) is 0.211. The molecular formula is C32H24N6O4S. The second kappa shape index (κ2) is 11.3. The van der Waals surface area contributed by atoms with Crippen LogP contribution in [0.3, 0.4) is 0 Å². The topological polar surface area (TPSA) is 148 Å². The number of nitriles is 1. The number of rotatable bonds is 5. The lowest BCUT2D eigenvalue weighted by Gasteiger charge is -2.29. The number of amides is 3. The summed E-state index contributed by atoms with van der Waals surface area (Å²) in [6.07, 6.45) is 1.62. The zero-order chi connectivity index (χ0) is 30.1. The second-order valence-corrected chi connectivity index (χ2v) is 11.0. The van der Waals surface area contributed by atoms with Gasteiger partial charge in [-0.1, -0.05) is 41.7 Å². The molecule has 0 atom stereocenters. The van der Waals surface area contributed by atoms with E-state index in [1.165, 1.54) is 24.3 Å². The van der Waals surface area contributed by atoms with Crippen LogP contribution in [0.25, 0.3) is 32.6 Å². The van der Waals surface area contributed by atoms with Crippen molar-refractivity contribution in [2.24, 2.45) is 0 Å². The number of pyridine rings is 1. The lowest BCUT2D eigenvalue weighted by Crippen LogP contribution is -2.38. The zero-order valence-electron chi connectivity index (χ0n) is 22.9. The molecule has 5 aromatic rings. The van der Waals surface area contributed by atoms with Crippen LogP contribution in [0.2, 0.25) is 0 Å². The van der Waals surface area contributed by atoms with Crippen molar-refractivity contribution in [3.63, 3.8) is 0 Å². The lowest BCUT2D eigenvalue weighted by molar-refractivity contribution is -0.114. The van der Waals surface area contributed by atoms with Crippen LogP contribution in [0.5, 0.6) is 0 Å². The molecule has 3 aromatic carbocycles. The summed E-state index contributed by atoms with van der Waals surface area (Å²) in [6, 6.07) is 23.2. The molecule has 0 aliphatic carbocycles. The Balaban J connectivity index is 1.32. The smallest absolute Gasteiger partial charge is 0.355 e. The molecule has 43 heavy (non-hydrogen) atoms. The molecule has 0 fully saturated rings. The fourth-order valence-electron chi connectivity index (χ4n) is 5.15. The van der Waals surface area contributed by atoms with E-state index in [1.54, 1.807) is 29.2 Å². The number of benzene rings is 3. The van der Waals surface area contributed by atoms with Crippen molar-refractivity contribution >= 4 is 56.0 Å². The van der Waals surface area contributed by atoms with Gasteiger partial charge in [-0.25, -0.2) is 19.6 Å². The Kier molecular flexibility index (Phi) is 7.27. The van der Waals surface area contributed by atoms with E-state index >= 15 is 0 Å². The van der Waals surface area contributed by atoms with Crippen LogP contribution >= 0.6 is 11.3 Å². The summed E-state index contributed by atoms with van der Waals surface area (Å²) in [7, 11) is 0. The monoisotopic (exact) mass is 588 g/mol. The van der Waals surface area contributed by atoms with E-state index in [1.807, 2.05) is 48.5 Å². The third-order valence-corrected chi connectivity index (χ3v) is 8.06. The Hall–Kier alpha value is -5.60. The molecule has 6 rings (SSSR count). The molecule has 1 aliphatic rings. The Morgan fingerprint density at radius 1 is 0.977 bits per heavy atom. The molecule has 11 heteroatoms. The number of carbonyl (C=O) groups is 3. The maximum absolute atomic E-state index is 13.4. The summed E-state index contributed by atoms with van der Waals surface area (Å²) >= 11 is 1.41. The van der Waals surface area contributed by atoms with Crippen LogP contribution in [0, 0.1) is 11.3 Å². The molecule has 0 spiro atoms. The fraction of sp³-hybridized carbons (Fsp3) is 0.125. The van der Waals surface area contributed by atoms with Gasteiger partial charge < -0.3 is 10.4 Å². The largest absolute Gasteiger partial charge is 0.476 e. The number of aromatic carboxylic acids is 1. The number of nitrogens with zero attached hydrogens (tertiary/aromatic N) is 4. The summed E-state index contributed by atoms with van der Waals surface area (Å²) in [4.78, 5) is 47.8. The molecule has 10 nitrogen and oxygen atoms in total. The van der Waals surface area contributed by atoms with Gasteiger partial charge in [-0.3, -0.25) is 15.0 Å². The number of aryl methyl sites for hydroxylation is 1. The number of hydrogen-bond acceptors (Lipinski definition) is 7. The third kappa shape index (κ3) is 5.51. The molecule has 0 radical (unpaired) electrons. The minimum absolute atomic E-state index is 0.183. The number of carboxylic acid groups (broad SMARTS) is 1. The minimum Gasteiger partial charge on any atom is -0.476 e. The Morgan fingerprint density at radius 3 is 2.56 bits per heavy atom. The van der Waals surface area contributed by atoms with Gasteiger partial charge in [-0.05, 0) is 66.4 Å². The van der Waals surface area contributed by atoms with E-state index in [0.29, 0.717) is 39.7 Å². The average Bonchev–Trinajstić information content (AvgIpc) is 3.42. The predicted molar refractivity (Wildman–Crippen MR) is 165 cm³/mol.